The van der Waals surface area contributed by atoms with Crippen molar-refractivity contribution >= 4 is 16.9 Å². The van der Waals surface area contributed by atoms with Gasteiger partial charge in [0.15, 0.2) is 17.2 Å². The molecular formula is C9H6N2O5. The van der Waals surface area contributed by atoms with Crippen LogP contribution in [0.25, 0.3) is 10.9 Å². The highest BCUT2D eigenvalue weighted by Gasteiger charge is 2.14. The van der Waals surface area contributed by atoms with Gasteiger partial charge in [-0.1, -0.05) is 0 Å². The van der Waals surface area contributed by atoms with Crippen LogP contribution in [0.5, 0.6) is 11.5 Å². The van der Waals surface area contributed by atoms with Crippen LogP contribution in [0.3, 0.4) is 0 Å². The number of hydrogen-bond donors (Lipinski definition) is 4. The van der Waals surface area contributed by atoms with Crippen molar-refractivity contribution in [1.29, 1.82) is 0 Å². The smallest absolute Gasteiger partial charge is 0.355 e. The van der Waals surface area contributed by atoms with E-state index in [0.29, 0.717) is 0 Å². The summed E-state index contributed by atoms with van der Waals surface area (Å²) in [7, 11) is 0. The fraction of sp³-hybridized carbons (Fsp3) is 0. The minimum atomic E-state index is -1.39. The van der Waals surface area contributed by atoms with E-state index in [1.165, 1.54) is 0 Å². The lowest BCUT2D eigenvalue weighted by Crippen LogP contribution is -2.16. The summed E-state index contributed by atoms with van der Waals surface area (Å²) in [5, 5.41) is 27.3. The number of carboxylic acids is 1. The number of carbonyl (C=O) groups is 1. The van der Waals surface area contributed by atoms with Crippen molar-refractivity contribution < 1.29 is 20.1 Å². The molecule has 0 aliphatic rings. The molecule has 2 aromatic rings. The Labute approximate surface area is 87.6 Å². The molecule has 16 heavy (non-hydrogen) atoms. The molecule has 0 bridgehead atoms. The van der Waals surface area contributed by atoms with Crippen molar-refractivity contribution in [2.75, 3.05) is 0 Å². The van der Waals surface area contributed by atoms with Crippen molar-refractivity contribution in [2.24, 2.45) is 0 Å². The largest absolute Gasteiger partial charge is 0.504 e. The molecular weight excluding hydrogens is 216 g/mol. The Morgan fingerprint density at radius 3 is 2.50 bits per heavy atom. The predicted molar refractivity (Wildman–Crippen MR) is 52.7 cm³/mol. The van der Waals surface area contributed by atoms with Crippen molar-refractivity contribution in [3.05, 3.63) is 28.3 Å². The number of fused-ring (bicyclic) bond motifs is 1. The van der Waals surface area contributed by atoms with Crippen molar-refractivity contribution in [3.63, 3.8) is 0 Å². The molecule has 1 aromatic carbocycles. The number of benzene rings is 1. The normalized spacial score (nSPS) is 10.5. The number of nitrogens with zero attached hydrogens (tertiary/aromatic N) is 1. The van der Waals surface area contributed by atoms with Crippen LogP contribution in [-0.4, -0.2) is 31.3 Å². The second kappa shape index (κ2) is 3.23. The minimum Gasteiger partial charge on any atom is -0.504 e. The average molecular weight is 222 g/mol. The van der Waals surface area contributed by atoms with Gasteiger partial charge in [-0.25, -0.2) is 9.59 Å². The van der Waals surface area contributed by atoms with E-state index in [9.17, 15) is 19.8 Å². The maximum atomic E-state index is 11.0. The van der Waals surface area contributed by atoms with Crippen LogP contribution in [0.15, 0.2) is 16.9 Å². The summed E-state index contributed by atoms with van der Waals surface area (Å²) in [6, 6.07) is 2.08. The summed E-state index contributed by atoms with van der Waals surface area (Å²) in [6.07, 6.45) is 0. The Balaban J connectivity index is 2.96. The summed E-state index contributed by atoms with van der Waals surface area (Å²) >= 11 is 0. The molecule has 1 heterocycles. The molecule has 0 radical (unpaired) electrons. The maximum Gasteiger partial charge on any atom is 0.355 e. The highest BCUT2D eigenvalue weighted by molar-refractivity contribution is 6.01. The molecule has 0 saturated carbocycles. The molecule has 0 fully saturated rings. The van der Waals surface area contributed by atoms with E-state index in [4.69, 9.17) is 5.11 Å². The summed E-state index contributed by atoms with van der Waals surface area (Å²) in [6.45, 7) is 0. The molecule has 1 aromatic heterocycles. The number of carboxylic acid groups (broad SMARTS) is 1. The number of hydrogen-bond acceptors (Lipinski definition) is 5. The van der Waals surface area contributed by atoms with Gasteiger partial charge < -0.3 is 20.3 Å². The predicted octanol–water partition coefficient (Wildman–Crippen LogP) is 0.0325. The van der Waals surface area contributed by atoms with Crippen LogP contribution in [0, 0.1) is 0 Å². The van der Waals surface area contributed by atoms with Crippen LogP contribution in [-0.2, 0) is 0 Å². The van der Waals surface area contributed by atoms with Crippen molar-refractivity contribution in [3.8, 4) is 11.5 Å². The Bertz CT molecular complexity index is 646. The zero-order chi connectivity index (χ0) is 11.9. The SMILES string of the molecule is O=C(O)c1nc(=O)[nH]c2cc(O)c(O)cc12. The minimum absolute atomic E-state index is 0.0439. The fourth-order valence-corrected chi connectivity index (χ4v) is 1.34. The van der Waals surface area contributed by atoms with Gasteiger partial charge in [0.1, 0.15) is 0 Å². The van der Waals surface area contributed by atoms with E-state index in [0.717, 1.165) is 12.1 Å². The zero-order valence-electron chi connectivity index (χ0n) is 7.76. The first-order valence-corrected chi connectivity index (χ1v) is 4.18. The number of aromatic amines is 1. The molecule has 0 saturated heterocycles. The van der Waals surface area contributed by atoms with Crippen molar-refractivity contribution in [1.82, 2.24) is 9.97 Å². The highest BCUT2D eigenvalue weighted by Crippen LogP contribution is 2.29. The lowest BCUT2D eigenvalue weighted by Gasteiger charge is -2.03. The quantitative estimate of drug-likeness (QED) is 0.505. The van der Waals surface area contributed by atoms with Gasteiger partial charge in [0.25, 0.3) is 0 Å². The Morgan fingerprint density at radius 1 is 1.25 bits per heavy atom. The molecule has 0 amide bonds. The van der Waals surface area contributed by atoms with Gasteiger partial charge in [-0.2, -0.15) is 4.98 Å². The number of phenolic OH excluding ortho intramolecular Hbond substituents is 2. The van der Waals surface area contributed by atoms with Gasteiger partial charge in [0.2, 0.25) is 0 Å². The molecule has 7 heteroatoms. The lowest BCUT2D eigenvalue weighted by molar-refractivity contribution is 0.0692. The number of rotatable bonds is 1. The maximum absolute atomic E-state index is 11.0. The van der Waals surface area contributed by atoms with Crippen LogP contribution >= 0.6 is 0 Å². The number of phenols is 2. The lowest BCUT2D eigenvalue weighted by atomic mass is 10.1. The molecule has 2 rings (SSSR count). The molecule has 0 atom stereocenters. The summed E-state index contributed by atoms with van der Waals surface area (Å²) in [5.74, 6) is -2.32. The van der Waals surface area contributed by atoms with E-state index in [2.05, 4.69) is 9.97 Å². The highest BCUT2D eigenvalue weighted by atomic mass is 16.4. The number of aromatic hydroxyl groups is 2. The third kappa shape index (κ3) is 1.44. The van der Waals surface area contributed by atoms with Crippen LogP contribution in [0.4, 0.5) is 0 Å². The number of aromatic carboxylic acids is 1. The molecule has 0 unspecified atom stereocenters. The molecule has 0 spiro atoms. The van der Waals surface area contributed by atoms with Crippen LogP contribution in [0.2, 0.25) is 0 Å². The van der Waals surface area contributed by atoms with E-state index < -0.39 is 28.9 Å². The summed E-state index contributed by atoms with van der Waals surface area (Å²) < 4.78 is 0. The number of nitrogens with one attached hydrogen (secondary N) is 1. The number of H-pyrrole nitrogens is 1. The second-order valence-electron chi connectivity index (χ2n) is 3.08. The Morgan fingerprint density at radius 2 is 1.88 bits per heavy atom. The first kappa shape index (κ1) is 9.97. The second-order valence-corrected chi connectivity index (χ2v) is 3.08. The topological polar surface area (TPSA) is 124 Å². The third-order valence-electron chi connectivity index (χ3n) is 2.03. The number of aromatic nitrogens is 2. The van der Waals surface area contributed by atoms with Crippen molar-refractivity contribution in [2.45, 2.75) is 0 Å². The first-order chi connectivity index (χ1) is 7.49. The zero-order valence-corrected chi connectivity index (χ0v) is 7.76. The molecule has 0 aliphatic heterocycles. The van der Waals surface area contributed by atoms with E-state index >= 15 is 0 Å². The third-order valence-corrected chi connectivity index (χ3v) is 2.03. The standard InChI is InChI=1S/C9H6N2O5/c12-5-1-3-4(2-6(5)13)10-9(16)11-7(3)8(14)15/h1-2,12-13H,(H,14,15)(H,10,11,16). The molecule has 82 valence electrons. The summed E-state index contributed by atoms with van der Waals surface area (Å²) in [4.78, 5) is 27.4. The summed E-state index contributed by atoms with van der Waals surface area (Å²) in [5.41, 5.74) is -1.23. The van der Waals surface area contributed by atoms with Crippen LogP contribution < -0.4 is 5.69 Å². The monoisotopic (exact) mass is 222 g/mol. The molecule has 7 nitrogen and oxygen atoms in total. The van der Waals surface area contributed by atoms with E-state index in [1.807, 2.05) is 0 Å². The van der Waals surface area contributed by atoms with E-state index in [1.54, 1.807) is 0 Å². The fourth-order valence-electron chi connectivity index (χ4n) is 1.34. The average Bonchev–Trinajstić information content (AvgIpc) is 2.19. The molecule has 4 N–H and O–H groups in total. The van der Waals surface area contributed by atoms with Gasteiger partial charge in [-0.15, -0.1) is 0 Å². The Kier molecular flexibility index (Phi) is 2.01. The van der Waals surface area contributed by atoms with Gasteiger partial charge in [-0.3, -0.25) is 0 Å². The van der Waals surface area contributed by atoms with Crippen LogP contribution in [0.1, 0.15) is 10.5 Å². The Hall–Kier alpha value is -2.57. The van der Waals surface area contributed by atoms with Gasteiger partial charge in [0.05, 0.1) is 5.52 Å². The van der Waals surface area contributed by atoms with Gasteiger partial charge in [0, 0.05) is 11.5 Å². The molecule has 0 aliphatic carbocycles. The van der Waals surface area contributed by atoms with E-state index in [-0.39, 0.29) is 10.9 Å². The van der Waals surface area contributed by atoms with Gasteiger partial charge >= 0.3 is 11.7 Å². The van der Waals surface area contributed by atoms with Gasteiger partial charge in [-0.05, 0) is 6.07 Å². The first-order valence-electron chi connectivity index (χ1n) is 4.18.